The number of benzene rings is 3. The van der Waals surface area contributed by atoms with E-state index in [9.17, 15) is 4.79 Å². The number of sulfonamides is 1. The van der Waals surface area contributed by atoms with Crippen LogP contribution < -0.4 is 23.7 Å². The zero-order valence-electron chi connectivity index (χ0n) is 29.6. The van der Waals surface area contributed by atoms with Gasteiger partial charge in [0.15, 0.2) is 31.3 Å². The normalized spacial score (nSPS) is 15.0. The van der Waals surface area contributed by atoms with Gasteiger partial charge in [-0.2, -0.15) is 4.31 Å². The highest BCUT2D eigenvalue weighted by Crippen LogP contribution is 2.38. The van der Waals surface area contributed by atoms with Gasteiger partial charge in [-0.1, -0.05) is 32.9 Å². The second-order valence-corrected chi connectivity index (χ2v) is 19.1. The summed E-state index contributed by atoms with van der Waals surface area (Å²) < 4.78 is 71.9. The minimum absolute atomic E-state index is 0.0712. The molecule has 49 heavy (non-hydrogen) atoms. The van der Waals surface area contributed by atoms with Crippen molar-refractivity contribution in [2.75, 3.05) is 20.7 Å². The van der Waals surface area contributed by atoms with Crippen LogP contribution in [-0.2, 0) is 37.1 Å². The van der Waals surface area contributed by atoms with Gasteiger partial charge in [0, 0.05) is 6.54 Å². The Morgan fingerprint density at radius 3 is 1.96 bits per heavy atom. The molecular weight excluding hydrogens is 667 g/mol. The Kier molecular flexibility index (Phi) is 11.2. The summed E-state index contributed by atoms with van der Waals surface area (Å²) in [5.41, 5.74) is 3.01. The van der Waals surface area contributed by atoms with E-state index in [1.54, 1.807) is 70.3 Å². The van der Waals surface area contributed by atoms with Crippen LogP contribution in [0.3, 0.4) is 0 Å². The molecule has 0 spiro atoms. The average Bonchev–Trinajstić information content (AvgIpc) is 3.76. The van der Waals surface area contributed by atoms with E-state index in [1.165, 1.54) is 4.31 Å². The van der Waals surface area contributed by atoms with Crippen LogP contribution in [0.4, 0.5) is 0 Å². The number of rotatable bonds is 15. The molecule has 3 aromatic rings. The number of esters is 1. The lowest BCUT2D eigenvalue weighted by atomic mass is 10.1. The van der Waals surface area contributed by atoms with Gasteiger partial charge in [0.25, 0.3) is 0 Å². The van der Waals surface area contributed by atoms with E-state index < -0.39 is 36.5 Å². The van der Waals surface area contributed by atoms with Crippen molar-refractivity contribution in [3.05, 3.63) is 70.3 Å². The number of fused-ring (bicyclic) bond motifs is 2. The topological polar surface area (TPSA) is 119 Å². The third-order valence-electron chi connectivity index (χ3n) is 9.72. The van der Waals surface area contributed by atoms with Gasteiger partial charge in [-0.25, -0.2) is 8.42 Å². The number of carbonyl (C=O) groups excluding carboxylic acids is 1. The quantitative estimate of drug-likeness (QED) is 0.123. The second kappa shape index (κ2) is 15.0. The lowest BCUT2D eigenvalue weighted by Crippen LogP contribution is -2.55. The molecule has 5 rings (SSSR count). The second-order valence-electron chi connectivity index (χ2n) is 12.5. The first-order valence-electron chi connectivity index (χ1n) is 16.7. The average molecular weight is 714 g/mol. The molecule has 0 amide bonds. The Balaban J connectivity index is 1.62. The van der Waals surface area contributed by atoms with Gasteiger partial charge in [0.2, 0.25) is 23.6 Å². The van der Waals surface area contributed by atoms with Crippen molar-refractivity contribution in [2.45, 2.75) is 96.8 Å². The summed E-state index contributed by atoms with van der Waals surface area (Å²) in [5, 5.41) is 0. The highest BCUT2D eigenvalue weighted by Gasteiger charge is 2.45. The molecule has 2 aliphatic heterocycles. The molecule has 0 bridgehead atoms. The minimum atomic E-state index is -4.37. The van der Waals surface area contributed by atoms with Crippen molar-refractivity contribution in [3.8, 4) is 28.7 Å². The predicted molar refractivity (Wildman–Crippen MR) is 186 cm³/mol. The van der Waals surface area contributed by atoms with Crippen LogP contribution in [0.25, 0.3) is 0 Å². The first kappa shape index (κ1) is 36.5. The number of hydrogen-bond acceptors (Lipinski definition) is 10. The minimum Gasteiger partial charge on any atom is -0.496 e. The molecule has 11 nitrogen and oxygen atoms in total. The number of nitrogens with zero attached hydrogens (tertiary/aromatic N) is 1. The Labute approximate surface area is 290 Å². The molecule has 0 aliphatic carbocycles. The number of hydrogen-bond donors (Lipinski definition) is 0. The van der Waals surface area contributed by atoms with E-state index in [2.05, 4.69) is 20.8 Å². The van der Waals surface area contributed by atoms with Gasteiger partial charge in [0.05, 0.1) is 18.1 Å². The van der Waals surface area contributed by atoms with Gasteiger partial charge < -0.3 is 32.8 Å². The van der Waals surface area contributed by atoms with Crippen LogP contribution in [-0.4, -0.2) is 59.9 Å². The molecule has 0 fully saturated rings. The number of aryl methyl sites for hydroxylation is 1. The molecule has 0 saturated carbocycles. The molecule has 0 radical (unpaired) electrons. The monoisotopic (exact) mass is 713 g/mol. The number of ether oxygens (including phenoxy) is 6. The van der Waals surface area contributed by atoms with E-state index in [-0.39, 0.29) is 31.6 Å². The lowest BCUT2D eigenvalue weighted by Gasteiger charge is -2.39. The summed E-state index contributed by atoms with van der Waals surface area (Å²) in [4.78, 5) is 14.6. The van der Waals surface area contributed by atoms with Crippen LogP contribution >= 0.6 is 0 Å². The molecule has 2 atom stereocenters. The zero-order chi connectivity index (χ0) is 35.5. The van der Waals surface area contributed by atoms with Crippen LogP contribution in [0.2, 0.25) is 18.1 Å². The van der Waals surface area contributed by atoms with Gasteiger partial charge in [-0.3, -0.25) is 4.79 Å². The van der Waals surface area contributed by atoms with Gasteiger partial charge in [-0.15, -0.1) is 0 Å². The summed E-state index contributed by atoms with van der Waals surface area (Å²) in [6.45, 7) is 13.3. The summed E-state index contributed by atoms with van der Waals surface area (Å²) in [6, 6.07) is 13.4. The molecule has 0 N–H and O–H groups in total. The molecule has 0 saturated heterocycles. The highest BCUT2D eigenvalue weighted by molar-refractivity contribution is 7.89. The third-order valence-corrected chi connectivity index (χ3v) is 16.6. The maximum atomic E-state index is 15.1. The summed E-state index contributed by atoms with van der Waals surface area (Å²) in [6.07, 6.45) is -0.834. The lowest BCUT2D eigenvalue weighted by molar-refractivity contribution is -0.153. The summed E-state index contributed by atoms with van der Waals surface area (Å²) >= 11 is 0. The molecular formula is C36H47NO10SSi. The van der Waals surface area contributed by atoms with Crippen molar-refractivity contribution in [3.63, 3.8) is 0 Å². The van der Waals surface area contributed by atoms with E-state index >= 15 is 8.42 Å². The Hall–Kier alpha value is -3.78. The molecule has 13 heteroatoms. The molecule has 0 aromatic heterocycles. The van der Waals surface area contributed by atoms with Crippen molar-refractivity contribution in [1.82, 2.24) is 4.31 Å². The van der Waals surface area contributed by atoms with E-state index in [4.69, 9.17) is 32.8 Å². The van der Waals surface area contributed by atoms with Crippen LogP contribution in [0.15, 0.2) is 47.4 Å². The fraction of sp³-hybridized carbons (Fsp3) is 0.472. The SMILES string of the molecule is CC[Si](CC)(CC)O[C@@H](C)[C@H](C(=O)OCc1ccc2c(c1)OCO2)N(Cc1ccc2c(c1)OCO2)S(=O)(=O)c1c(C)cc(OC)c(C)c1C. The smallest absolute Gasteiger partial charge is 0.327 e. The van der Waals surface area contributed by atoms with E-state index in [0.717, 1.165) is 18.1 Å². The Morgan fingerprint density at radius 1 is 0.837 bits per heavy atom. The Morgan fingerprint density at radius 2 is 1.39 bits per heavy atom. The Bertz CT molecular complexity index is 1780. The highest BCUT2D eigenvalue weighted by atomic mass is 32.2. The third kappa shape index (κ3) is 7.40. The zero-order valence-corrected chi connectivity index (χ0v) is 31.4. The number of methoxy groups -OCH3 is 1. The first-order valence-corrected chi connectivity index (χ1v) is 20.6. The summed E-state index contributed by atoms with van der Waals surface area (Å²) in [7, 11) is -5.15. The van der Waals surface area contributed by atoms with Crippen LogP contribution in [0, 0.1) is 20.8 Å². The fourth-order valence-electron chi connectivity index (χ4n) is 6.57. The standard InChI is InChI=1S/C36H47NO10SSi/c1-9-49(10-2,11-3)47-26(7)34(36(38)42-20-28-13-15-30-33(18-28)46-22-44-30)37(19-27-12-14-29-32(17-27)45-21-43-29)48(39,40)35-23(4)16-31(41-8)24(5)25(35)6/h12-18,26,34H,9-11,19-22H2,1-8H3/t26-,34+/m0/s1. The van der Waals surface area contributed by atoms with E-state index in [1.807, 2.05) is 6.92 Å². The first-order chi connectivity index (χ1) is 23.4. The maximum Gasteiger partial charge on any atom is 0.327 e. The van der Waals surface area contributed by atoms with Crippen molar-refractivity contribution < 1.29 is 46.1 Å². The van der Waals surface area contributed by atoms with Crippen molar-refractivity contribution in [1.29, 1.82) is 0 Å². The molecule has 2 heterocycles. The van der Waals surface area contributed by atoms with Crippen LogP contribution in [0.1, 0.15) is 55.5 Å². The number of carbonyl (C=O) groups is 1. The van der Waals surface area contributed by atoms with Gasteiger partial charge in [-0.05, 0) is 104 Å². The van der Waals surface area contributed by atoms with Crippen LogP contribution in [0.5, 0.6) is 28.7 Å². The molecule has 266 valence electrons. The van der Waals surface area contributed by atoms with Gasteiger partial charge in [0.1, 0.15) is 18.4 Å². The summed E-state index contributed by atoms with van der Waals surface area (Å²) in [5.74, 6) is 2.09. The van der Waals surface area contributed by atoms with Crippen molar-refractivity contribution >= 4 is 24.3 Å². The maximum absolute atomic E-state index is 15.1. The fourth-order valence-corrected chi connectivity index (χ4v) is 11.6. The van der Waals surface area contributed by atoms with E-state index in [0.29, 0.717) is 56.6 Å². The van der Waals surface area contributed by atoms with Crippen molar-refractivity contribution in [2.24, 2.45) is 0 Å². The predicted octanol–water partition coefficient (Wildman–Crippen LogP) is 6.79. The molecule has 3 aromatic carbocycles. The molecule has 2 aliphatic rings. The van der Waals surface area contributed by atoms with Gasteiger partial charge >= 0.3 is 5.97 Å². The molecule has 0 unspecified atom stereocenters. The largest absolute Gasteiger partial charge is 0.496 e.